The van der Waals surface area contributed by atoms with Gasteiger partial charge in [0.15, 0.2) is 5.96 Å². The van der Waals surface area contributed by atoms with Crippen LogP contribution in [0.3, 0.4) is 0 Å². The number of carbonyl (C=O) groups excluding carboxylic acids is 2. The molecule has 1 aliphatic rings. The summed E-state index contributed by atoms with van der Waals surface area (Å²) in [5, 5.41) is 3.34. The summed E-state index contributed by atoms with van der Waals surface area (Å²) in [5.41, 5.74) is 1.44. The largest absolute Gasteiger partial charge is 0.352 e. The number of hydrogen-bond acceptors (Lipinski definition) is 3. The topological polar surface area (TPSA) is 68.2 Å². The number of nitrogens with one attached hydrogen (secondary N) is 1. The molecule has 0 spiro atoms. The second-order valence-corrected chi connectivity index (χ2v) is 8.32. The molecule has 0 aliphatic carbocycles. The molecule has 1 aromatic rings. The Morgan fingerprint density at radius 3 is 2.28 bits per heavy atom. The SMILES string of the molecule is CN=C(NCc1ccc(C(=O)N(C)C)cc1)N1CC(=O)N(C(C)C)C(C)(C)C1.I. The van der Waals surface area contributed by atoms with Crippen LogP contribution >= 0.6 is 24.0 Å². The Balaban J connectivity index is 0.00000420. The predicted molar refractivity (Wildman–Crippen MR) is 128 cm³/mol. The van der Waals surface area contributed by atoms with Gasteiger partial charge in [-0.2, -0.15) is 0 Å². The average molecular weight is 515 g/mol. The summed E-state index contributed by atoms with van der Waals surface area (Å²) in [5.74, 6) is 0.804. The molecule has 1 N–H and O–H groups in total. The van der Waals surface area contributed by atoms with Gasteiger partial charge < -0.3 is 20.0 Å². The van der Waals surface area contributed by atoms with E-state index in [-0.39, 0.29) is 47.4 Å². The van der Waals surface area contributed by atoms with Crippen molar-refractivity contribution in [1.29, 1.82) is 0 Å². The van der Waals surface area contributed by atoms with E-state index in [0.29, 0.717) is 31.2 Å². The normalized spacial score (nSPS) is 16.6. The predicted octanol–water partition coefficient (Wildman–Crippen LogP) is 2.41. The molecule has 0 bridgehead atoms. The van der Waals surface area contributed by atoms with E-state index in [0.717, 1.165) is 5.56 Å². The maximum absolute atomic E-state index is 12.7. The average Bonchev–Trinajstić information content (AvgIpc) is 2.60. The molecule has 1 aromatic carbocycles. The molecule has 2 rings (SSSR count). The summed E-state index contributed by atoms with van der Waals surface area (Å²) < 4.78 is 0. The van der Waals surface area contributed by atoms with Crippen LogP contribution < -0.4 is 5.32 Å². The van der Waals surface area contributed by atoms with Crippen LogP contribution in [0.15, 0.2) is 29.3 Å². The summed E-state index contributed by atoms with van der Waals surface area (Å²) in [6.07, 6.45) is 0. The van der Waals surface area contributed by atoms with E-state index in [1.54, 1.807) is 26.0 Å². The van der Waals surface area contributed by atoms with Crippen LogP contribution in [0.5, 0.6) is 0 Å². The molecule has 1 heterocycles. The fraction of sp³-hybridized carbons (Fsp3) is 0.571. The molecule has 7 nitrogen and oxygen atoms in total. The highest BCUT2D eigenvalue weighted by Crippen LogP contribution is 2.24. The van der Waals surface area contributed by atoms with Gasteiger partial charge in [0.25, 0.3) is 5.91 Å². The van der Waals surface area contributed by atoms with E-state index in [1.807, 2.05) is 47.9 Å². The summed E-state index contributed by atoms with van der Waals surface area (Å²) in [6.45, 7) is 9.88. The Labute approximate surface area is 191 Å². The molecule has 0 aromatic heterocycles. The van der Waals surface area contributed by atoms with Gasteiger partial charge in [-0.05, 0) is 45.4 Å². The molecule has 0 atom stereocenters. The number of amides is 2. The third kappa shape index (κ3) is 6.07. The standard InChI is InChI=1S/C21H33N5O2.HI/c1-15(2)26-18(27)13-25(14-21(26,3)4)20(22-5)23-12-16-8-10-17(11-9-16)19(28)24(6)7;/h8-11,15H,12-14H2,1-7H3,(H,22,23);1H. The van der Waals surface area contributed by atoms with Crippen LogP contribution in [-0.4, -0.2) is 78.3 Å². The van der Waals surface area contributed by atoms with Crippen molar-refractivity contribution in [2.24, 2.45) is 4.99 Å². The van der Waals surface area contributed by atoms with Gasteiger partial charge in [-0.3, -0.25) is 14.6 Å². The molecule has 162 valence electrons. The number of carbonyl (C=O) groups is 2. The number of nitrogens with zero attached hydrogens (tertiary/aromatic N) is 4. The highest BCUT2D eigenvalue weighted by atomic mass is 127. The maximum atomic E-state index is 12.7. The van der Waals surface area contributed by atoms with Gasteiger partial charge >= 0.3 is 0 Å². The smallest absolute Gasteiger partial charge is 0.253 e. The number of guanidine groups is 1. The van der Waals surface area contributed by atoms with Gasteiger partial charge in [-0.15, -0.1) is 24.0 Å². The zero-order valence-corrected chi connectivity index (χ0v) is 20.9. The first kappa shape index (κ1) is 25.2. The van der Waals surface area contributed by atoms with Crippen LogP contribution in [0.1, 0.15) is 43.6 Å². The molecule has 1 aliphatic heterocycles. The Morgan fingerprint density at radius 1 is 1.24 bits per heavy atom. The van der Waals surface area contributed by atoms with Crippen molar-refractivity contribution in [3.05, 3.63) is 35.4 Å². The first-order chi connectivity index (χ1) is 13.1. The van der Waals surface area contributed by atoms with Crippen molar-refractivity contribution in [3.63, 3.8) is 0 Å². The lowest BCUT2D eigenvalue weighted by molar-refractivity contribution is -0.145. The van der Waals surface area contributed by atoms with Gasteiger partial charge in [0, 0.05) is 45.8 Å². The summed E-state index contributed by atoms with van der Waals surface area (Å²) in [7, 11) is 5.21. The zero-order chi connectivity index (χ0) is 21.1. The van der Waals surface area contributed by atoms with Crippen molar-refractivity contribution in [2.75, 3.05) is 34.2 Å². The van der Waals surface area contributed by atoms with E-state index in [9.17, 15) is 9.59 Å². The Hall–Kier alpha value is -1.84. The van der Waals surface area contributed by atoms with Crippen molar-refractivity contribution < 1.29 is 9.59 Å². The molecule has 1 saturated heterocycles. The third-order valence-electron chi connectivity index (χ3n) is 4.91. The van der Waals surface area contributed by atoms with Gasteiger partial charge in [0.1, 0.15) is 0 Å². The Bertz CT molecular complexity index is 744. The number of hydrogen-bond donors (Lipinski definition) is 1. The summed E-state index contributed by atoms with van der Waals surface area (Å²) >= 11 is 0. The number of benzene rings is 1. The molecule has 0 radical (unpaired) electrons. The van der Waals surface area contributed by atoms with Gasteiger partial charge in [0.05, 0.1) is 12.1 Å². The molecule has 0 unspecified atom stereocenters. The molecular weight excluding hydrogens is 481 g/mol. The van der Waals surface area contributed by atoms with E-state index in [1.165, 1.54) is 0 Å². The molecule has 1 fully saturated rings. The Kier molecular flexibility index (Phi) is 8.92. The number of halogens is 1. The van der Waals surface area contributed by atoms with Crippen LogP contribution in [0, 0.1) is 0 Å². The van der Waals surface area contributed by atoms with E-state index < -0.39 is 0 Å². The van der Waals surface area contributed by atoms with Gasteiger partial charge in [-0.1, -0.05) is 12.1 Å². The van der Waals surface area contributed by atoms with Crippen molar-refractivity contribution in [1.82, 2.24) is 20.0 Å². The van der Waals surface area contributed by atoms with E-state index >= 15 is 0 Å². The van der Waals surface area contributed by atoms with E-state index in [4.69, 9.17) is 0 Å². The van der Waals surface area contributed by atoms with Gasteiger partial charge in [-0.25, -0.2) is 0 Å². The minimum atomic E-state index is -0.269. The van der Waals surface area contributed by atoms with Crippen LogP contribution in [0.2, 0.25) is 0 Å². The maximum Gasteiger partial charge on any atom is 0.253 e. The molecule has 2 amide bonds. The van der Waals surface area contributed by atoms with E-state index in [2.05, 4.69) is 24.2 Å². The van der Waals surface area contributed by atoms with Crippen LogP contribution in [0.25, 0.3) is 0 Å². The molecule has 29 heavy (non-hydrogen) atoms. The molecular formula is C21H34IN5O2. The quantitative estimate of drug-likeness (QED) is 0.380. The monoisotopic (exact) mass is 515 g/mol. The second kappa shape index (κ2) is 10.3. The van der Waals surface area contributed by atoms with Crippen molar-refractivity contribution >= 4 is 41.8 Å². The highest BCUT2D eigenvalue weighted by molar-refractivity contribution is 14.0. The number of rotatable bonds is 4. The fourth-order valence-corrected chi connectivity index (χ4v) is 3.85. The van der Waals surface area contributed by atoms with Crippen molar-refractivity contribution in [2.45, 2.75) is 45.8 Å². The lowest BCUT2D eigenvalue weighted by Gasteiger charge is -2.49. The number of piperazine rings is 1. The first-order valence-electron chi connectivity index (χ1n) is 9.65. The van der Waals surface area contributed by atoms with Crippen molar-refractivity contribution in [3.8, 4) is 0 Å². The summed E-state index contributed by atoms with van der Waals surface area (Å²) in [6, 6.07) is 7.70. The highest BCUT2D eigenvalue weighted by Gasteiger charge is 2.40. The molecule has 8 heteroatoms. The Morgan fingerprint density at radius 2 is 1.83 bits per heavy atom. The number of aliphatic imine (C=N–C) groups is 1. The lowest BCUT2D eigenvalue weighted by atomic mass is 9.96. The minimum absolute atomic E-state index is 0. The van der Waals surface area contributed by atoms with Crippen LogP contribution in [-0.2, 0) is 11.3 Å². The van der Waals surface area contributed by atoms with Gasteiger partial charge in [0.2, 0.25) is 5.91 Å². The fourth-order valence-electron chi connectivity index (χ4n) is 3.85. The first-order valence-corrected chi connectivity index (χ1v) is 9.65. The summed E-state index contributed by atoms with van der Waals surface area (Å²) in [4.78, 5) is 34.6. The van der Waals surface area contributed by atoms with Crippen LogP contribution in [0.4, 0.5) is 0 Å². The minimum Gasteiger partial charge on any atom is -0.352 e. The third-order valence-corrected chi connectivity index (χ3v) is 4.91. The lowest BCUT2D eigenvalue weighted by Crippen LogP contribution is -2.66. The molecule has 0 saturated carbocycles. The second-order valence-electron chi connectivity index (χ2n) is 8.32. The zero-order valence-electron chi connectivity index (χ0n) is 18.5.